The lowest BCUT2D eigenvalue weighted by Gasteiger charge is -2.39. The van der Waals surface area contributed by atoms with Gasteiger partial charge in [0.1, 0.15) is 0 Å². The Labute approximate surface area is 142 Å². The Bertz CT molecular complexity index is 749. The maximum Gasteiger partial charge on any atom is 0.274 e. The van der Waals surface area contributed by atoms with E-state index >= 15 is 0 Å². The Kier molecular flexibility index (Phi) is 3.53. The van der Waals surface area contributed by atoms with E-state index in [0.29, 0.717) is 18.8 Å². The van der Waals surface area contributed by atoms with E-state index < -0.39 is 0 Å². The van der Waals surface area contributed by atoms with Crippen molar-refractivity contribution in [1.82, 2.24) is 24.9 Å². The Hall–Kier alpha value is -1.67. The first kappa shape index (κ1) is 14.9. The van der Waals surface area contributed by atoms with Crippen LogP contribution in [0.1, 0.15) is 47.7 Å². The molecule has 2 aliphatic rings. The van der Waals surface area contributed by atoms with Crippen LogP contribution < -0.4 is 0 Å². The second kappa shape index (κ2) is 5.45. The maximum atomic E-state index is 12.7. The van der Waals surface area contributed by atoms with Gasteiger partial charge in [-0.05, 0) is 29.8 Å². The molecule has 2 atom stereocenters. The van der Waals surface area contributed by atoms with Crippen LogP contribution in [0, 0.1) is 0 Å². The van der Waals surface area contributed by atoms with Crippen LogP contribution in [0.5, 0.6) is 0 Å². The van der Waals surface area contributed by atoms with E-state index in [1.54, 1.807) is 6.20 Å². The number of nitrogens with zero attached hydrogens (tertiary/aromatic N) is 4. The molecule has 1 saturated heterocycles. The molecule has 1 fully saturated rings. The van der Waals surface area contributed by atoms with Crippen LogP contribution in [0.25, 0.3) is 0 Å². The van der Waals surface area contributed by atoms with Gasteiger partial charge < -0.3 is 9.64 Å². The summed E-state index contributed by atoms with van der Waals surface area (Å²) in [6.07, 6.45) is 4.47. The lowest BCUT2D eigenvalue weighted by Crippen LogP contribution is -2.51. The van der Waals surface area contributed by atoms with Gasteiger partial charge in [0.25, 0.3) is 5.91 Å². The van der Waals surface area contributed by atoms with E-state index in [1.165, 1.54) is 0 Å². The average Bonchev–Trinajstić information content (AvgIpc) is 3.03. The number of likely N-dealkylation sites (tertiary alicyclic amines) is 1. The molecule has 0 radical (unpaired) electrons. The van der Waals surface area contributed by atoms with Crippen LogP contribution in [-0.2, 0) is 11.2 Å². The van der Waals surface area contributed by atoms with Gasteiger partial charge in [0, 0.05) is 31.3 Å². The smallest absolute Gasteiger partial charge is 0.274 e. The van der Waals surface area contributed by atoms with E-state index in [1.807, 2.05) is 29.6 Å². The molecule has 122 valence electrons. The first-order valence-corrected chi connectivity index (χ1v) is 8.53. The van der Waals surface area contributed by atoms with Crippen molar-refractivity contribution in [1.29, 1.82) is 0 Å². The van der Waals surface area contributed by atoms with Crippen molar-refractivity contribution in [2.45, 2.75) is 38.5 Å². The number of rotatable bonds is 2. The van der Waals surface area contributed by atoms with Crippen molar-refractivity contribution < 1.29 is 9.53 Å². The van der Waals surface area contributed by atoms with Gasteiger partial charge in [-0.2, -0.15) is 10.2 Å². The van der Waals surface area contributed by atoms with Crippen LogP contribution in [0.2, 0.25) is 0 Å². The number of amides is 1. The molecule has 2 aliphatic heterocycles. The average molecular weight is 380 g/mol. The predicted octanol–water partition coefficient (Wildman–Crippen LogP) is 2.09. The Morgan fingerprint density at radius 3 is 2.91 bits per heavy atom. The number of halogens is 1. The molecule has 23 heavy (non-hydrogen) atoms. The molecule has 0 spiro atoms. The fourth-order valence-electron chi connectivity index (χ4n) is 3.30. The summed E-state index contributed by atoms with van der Waals surface area (Å²) in [5, 5.41) is 11.5. The zero-order valence-corrected chi connectivity index (χ0v) is 14.6. The minimum atomic E-state index is -0.0478. The van der Waals surface area contributed by atoms with Crippen LogP contribution >= 0.6 is 15.9 Å². The number of nitrogens with one attached hydrogen (secondary N) is 1. The minimum absolute atomic E-state index is 0.00808. The monoisotopic (exact) mass is 379 g/mol. The van der Waals surface area contributed by atoms with Crippen molar-refractivity contribution in [3.63, 3.8) is 0 Å². The van der Waals surface area contributed by atoms with E-state index in [9.17, 15) is 4.79 Å². The van der Waals surface area contributed by atoms with Crippen molar-refractivity contribution >= 4 is 21.8 Å². The van der Waals surface area contributed by atoms with Gasteiger partial charge in [0.05, 0.1) is 34.6 Å². The lowest BCUT2D eigenvalue weighted by molar-refractivity contribution is -0.00709. The number of aromatic nitrogens is 4. The summed E-state index contributed by atoms with van der Waals surface area (Å²) in [6, 6.07) is 0.237. The maximum absolute atomic E-state index is 12.7. The van der Waals surface area contributed by atoms with Gasteiger partial charge in [0.2, 0.25) is 0 Å². The van der Waals surface area contributed by atoms with Gasteiger partial charge in [-0.1, -0.05) is 0 Å². The van der Waals surface area contributed by atoms with E-state index in [-0.39, 0.29) is 24.2 Å². The zero-order valence-electron chi connectivity index (χ0n) is 13.0. The molecule has 2 aromatic heterocycles. The van der Waals surface area contributed by atoms with E-state index in [0.717, 1.165) is 22.2 Å². The van der Waals surface area contributed by atoms with Crippen molar-refractivity contribution in [3.8, 4) is 0 Å². The van der Waals surface area contributed by atoms with Crippen molar-refractivity contribution in [2.24, 2.45) is 0 Å². The highest BCUT2D eigenvalue weighted by Crippen LogP contribution is 2.32. The predicted molar refractivity (Wildman–Crippen MR) is 86.1 cm³/mol. The molecule has 1 N–H and O–H groups in total. The van der Waals surface area contributed by atoms with Gasteiger partial charge in [-0.15, -0.1) is 0 Å². The molecule has 1 amide bonds. The molecular formula is C15H18BrN5O2. The molecule has 4 heterocycles. The molecule has 0 bridgehead atoms. The highest BCUT2D eigenvalue weighted by atomic mass is 79.9. The molecule has 0 aromatic carbocycles. The third-order valence-electron chi connectivity index (χ3n) is 4.53. The highest BCUT2D eigenvalue weighted by molar-refractivity contribution is 9.10. The molecule has 7 nitrogen and oxygen atoms in total. The Balaban J connectivity index is 1.49. The molecule has 2 aromatic rings. The lowest BCUT2D eigenvalue weighted by atomic mass is 9.98. The number of aromatic amines is 1. The van der Waals surface area contributed by atoms with Crippen LogP contribution in [0.4, 0.5) is 0 Å². The normalized spacial score (nSPS) is 24.4. The summed E-state index contributed by atoms with van der Waals surface area (Å²) in [5.74, 6) is -0.00808. The number of hydrogen-bond donors (Lipinski definition) is 1. The van der Waals surface area contributed by atoms with Gasteiger partial charge in [0.15, 0.2) is 5.69 Å². The summed E-state index contributed by atoms with van der Waals surface area (Å²) >= 11 is 3.39. The highest BCUT2D eigenvalue weighted by Gasteiger charge is 2.37. The van der Waals surface area contributed by atoms with Crippen molar-refractivity contribution in [3.05, 3.63) is 33.8 Å². The second-order valence-electron chi connectivity index (χ2n) is 6.26. The molecular weight excluding hydrogens is 362 g/mol. The van der Waals surface area contributed by atoms with Gasteiger partial charge >= 0.3 is 0 Å². The summed E-state index contributed by atoms with van der Waals surface area (Å²) in [4.78, 5) is 14.5. The summed E-state index contributed by atoms with van der Waals surface area (Å²) in [7, 11) is 0. The van der Waals surface area contributed by atoms with Crippen LogP contribution in [0.3, 0.4) is 0 Å². The molecule has 0 unspecified atom stereocenters. The van der Waals surface area contributed by atoms with E-state index in [2.05, 4.69) is 31.2 Å². The Morgan fingerprint density at radius 1 is 1.43 bits per heavy atom. The summed E-state index contributed by atoms with van der Waals surface area (Å²) in [6.45, 7) is 5.33. The topological polar surface area (TPSA) is 76.0 Å². The summed E-state index contributed by atoms with van der Waals surface area (Å²) < 4.78 is 8.62. The molecule has 0 aliphatic carbocycles. The van der Waals surface area contributed by atoms with Crippen LogP contribution in [-0.4, -0.2) is 50.0 Å². The molecule has 8 heteroatoms. The largest absolute Gasteiger partial charge is 0.369 e. The number of H-pyrrole nitrogens is 1. The quantitative estimate of drug-likeness (QED) is 0.866. The standard InChI is InChI=1S/C15H18BrN5O2/c1-8-3-12-13(9(2)23-8)18-19-14(12)15(22)20-6-11(7-20)21-5-10(16)4-17-21/h4-5,8-9,11H,3,6-7H2,1-2H3,(H,18,19)/t8-,9+/m1/s1. The van der Waals surface area contributed by atoms with Crippen LogP contribution in [0.15, 0.2) is 16.9 Å². The fraction of sp³-hybridized carbons (Fsp3) is 0.533. The van der Waals surface area contributed by atoms with Gasteiger partial charge in [-0.25, -0.2) is 0 Å². The SMILES string of the molecule is C[C@@H]1Cc2c(C(=O)N3CC(n4cc(Br)cn4)C3)n[nH]c2[C@H](C)O1. The molecule has 0 saturated carbocycles. The van der Waals surface area contributed by atoms with Crippen molar-refractivity contribution in [2.75, 3.05) is 13.1 Å². The Morgan fingerprint density at radius 2 is 2.22 bits per heavy atom. The number of fused-ring (bicyclic) bond motifs is 1. The summed E-state index contributed by atoms with van der Waals surface area (Å²) in [5.41, 5.74) is 2.48. The first-order valence-electron chi connectivity index (χ1n) is 7.74. The number of carbonyl (C=O) groups excluding carboxylic acids is 1. The zero-order chi connectivity index (χ0) is 16.1. The number of hydrogen-bond acceptors (Lipinski definition) is 4. The third kappa shape index (κ3) is 2.49. The number of ether oxygens (including phenoxy) is 1. The minimum Gasteiger partial charge on any atom is -0.369 e. The number of carbonyl (C=O) groups is 1. The third-order valence-corrected chi connectivity index (χ3v) is 4.94. The first-order chi connectivity index (χ1) is 11.0. The second-order valence-corrected chi connectivity index (χ2v) is 7.18. The van der Waals surface area contributed by atoms with Gasteiger partial charge in [-0.3, -0.25) is 14.6 Å². The fourth-order valence-corrected chi connectivity index (χ4v) is 3.60. The molecule has 4 rings (SSSR count). The van der Waals surface area contributed by atoms with E-state index in [4.69, 9.17) is 4.74 Å².